The van der Waals surface area contributed by atoms with Crippen LogP contribution in [-0.2, 0) is 9.59 Å². The second-order valence-electron chi connectivity index (χ2n) is 8.22. The molecular formula is C24H50N2O2. The van der Waals surface area contributed by atoms with Crippen molar-refractivity contribution in [1.82, 2.24) is 10.2 Å². The molecule has 0 radical (unpaired) electrons. The zero-order chi connectivity index (χ0) is 21.6. The first-order valence-corrected chi connectivity index (χ1v) is 11.9. The lowest BCUT2D eigenvalue weighted by atomic mass is 9.96. The first-order valence-electron chi connectivity index (χ1n) is 11.9. The van der Waals surface area contributed by atoms with Crippen LogP contribution in [0.15, 0.2) is 0 Å². The standard InChI is InChI=1S/2C12H25NO/c1-4-6-7-8-9-10-11(3)13-12(14)5-2;1-4-6-7-9-12(8-5-2)10-13(3)11-14/h11H,4-10H2,1-3H3,(H,13,14);11-12H,4-10H2,1-3H3. The maximum Gasteiger partial charge on any atom is 0.219 e. The van der Waals surface area contributed by atoms with Crippen LogP contribution in [0.1, 0.15) is 118 Å². The van der Waals surface area contributed by atoms with E-state index in [-0.39, 0.29) is 5.91 Å². The molecule has 168 valence electrons. The fourth-order valence-corrected chi connectivity index (χ4v) is 3.37. The highest BCUT2D eigenvalue weighted by atomic mass is 16.1. The number of unbranched alkanes of at least 4 members (excludes halogenated alkanes) is 6. The van der Waals surface area contributed by atoms with Gasteiger partial charge in [0.1, 0.15) is 0 Å². The van der Waals surface area contributed by atoms with Gasteiger partial charge in [-0.15, -0.1) is 0 Å². The summed E-state index contributed by atoms with van der Waals surface area (Å²) >= 11 is 0. The van der Waals surface area contributed by atoms with E-state index in [1.54, 1.807) is 4.90 Å². The van der Waals surface area contributed by atoms with Crippen molar-refractivity contribution in [2.24, 2.45) is 5.92 Å². The molecule has 0 rings (SSSR count). The lowest BCUT2D eigenvalue weighted by molar-refractivity contribution is -0.121. The minimum atomic E-state index is 0.172. The summed E-state index contributed by atoms with van der Waals surface area (Å²) in [5, 5.41) is 2.98. The summed E-state index contributed by atoms with van der Waals surface area (Å²) in [6, 6.07) is 0.351. The van der Waals surface area contributed by atoms with Gasteiger partial charge < -0.3 is 10.2 Å². The van der Waals surface area contributed by atoms with Gasteiger partial charge in [-0.2, -0.15) is 0 Å². The van der Waals surface area contributed by atoms with E-state index in [1.807, 2.05) is 14.0 Å². The van der Waals surface area contributed by atoms with Crippen molar-refractivity contribution >= 4 is 12.3 Å². The Balaban J connectivity index is 0. The number of rotatable bonds is 17. The highest BCUT2D eigenvalue weighted by Crippen LogP contribution is 2.16. The molecule has 2 amide bonds. The zero-order valence-corrected chi connectivity index (χ0v) is 19.9. The van der Waals surface area contributed by atoms with Crippen molar-refractivity contribution in [3.63, 3.8) is 0 Å². The molecule has 0 aromatic carbocycles. The number of carbonyl (C=O) groups excluding carboxylic acids is 2. The van der Waals surface area contributed by atoms with Crippen LogP contribution < -0.4 is 5.32 Å². The van der Waals surface area contributed by atoms with E-state index in [1.165, 1.54) is 70.6 Å². The molecule has 0 heterocycles. The lowest BCUT2D eigenvalue weighted by Gasteiger charge is -2.20. The molecular weight excluding hydrogens is 348 g/mol. The SMILES string of the molecule is CCCCCC(CCC)CN(C)C=O.CCCCCCCC(C)NC(=O)CC. The third kappa shape index (κ3) is 21.2. The van der Waals surface area contributed by atoms with E-state index >= 15 is 0 Å². The van der Waals surface area contributed by atoms with Crippen LogP contribution in [0.5, 0.6) is 0 Å². The summed E-state index contributed by atoms with van der Waals surface area (Å²) in [6.07, 6.45) is 16.8. The average molecular weight is 399 g/mol. The Bertz CT molecular complexity index is 347. The monoisotopic (exact) mass is 398 g/mol. The summed E-state index contributed by atoms with van der Waals surface area (Å²) in [5.74, 6) is 0.882. The largest absolute Gasteiger partial charge is 0.354 e. The van der Waals surface area contributed by atoms with Crippen LogP contribution in [-0.4, -0.2) is 36.9 Å². The van der Waals surface area contributed by atoms with E-state index in [4.69, 9.17) is 0 Å². The second-order valence-corrected chi connectivity index (χ2v) is 8.22. The van der Waals surface area contributed by atoms with Crippen molar-refractivity contribution in [3.05, 3.63) is 0 Å². The van der Waals surface area contributed by atoms with E-state index in [9.17, 15) is 9.59 Å². The Morgan fingerprint density at radius 2 is 1.43 bits per heavy atom. The molecule has 0 bridgehead atoms. The van der Waals surface area contributed by atoms with Crippen molar-refractivity contribution in [2.45, 2.75) is 124 Å². The third-order valence-electron chi connectivity index (χ3n) is 5.11. The van der Waals surface area contributed by atoms with Crippen LogP contribution in [0.4, 0.5) is 0 Å². The Hall–Kier alpha value is -1.06. The van der Waals surface area contributed by atoms with Gasteiger partial charge >= 0.3 is 0 Å². The number of amides is 2. The second kappa shape index (κ2) is 22.2. The maximum atomic E-state index is 11.0. The smallest absolute Gasteiger partial charge is 0.219 e. The van der Waals surface area contributed by atoms with Gasteiger partial charge in [0.2, 0.25) is 12.3 Å². The van der Waals surface area contributed by atoms with Crippen molar-refractivity contribution < 1.29 is 9.59 Å². The Morgan fingerprint density at radius 3 is 1.96 bits per heavy atom. The first kappa shape index (κ1) is 29.1. The van der Waals surface area contributed by atoms with Crippen LogP contribution in [0.2, 0.25) is 0 Å². The molecule has 1 N–H and O–H groups in total. The number of nitrogens with one attached hydrogen (secondary N) is 1. The number of hydrogen-bond donors (Lipinski definition) is 1. The topological polar surface area (TPSA) is 49.4 Å². The molecule has 2 atom stereocenters. The van der Waals surface area contributed by atoms with Gasteiger partial charge in [0.25, 0.3) is 0 Å². The van der Waals surface area contributed by atoms with Crippen LogP contribution >= 0.6 is 0 Å². The highest BCUT2D eigenvalue weighted by Gasteiger charge is 2.09. The summed E-state index contributed by atoms with van der Waals surface area (Å²) in [4.78, 5) is 23.3. The molecule has 0 saturated carbocycles. The van der Waals surface area contributed by atoms with Gasteiger partial charge in [0, 0.05) is 26.1 Å². The molecule has 2 unspecified atom stereocenters. The fourth-order valence-electron chi connectivity index (χ4n) is 3.37. The van der Waals surface area contributed by atoms with E-state index < -0.39 is 0 Å². The number of hydrogen-bond acceptors (Lipinski definition) is 2. The molecule has 4 nitrogen and oxygen atoms in total. The van der Waals surface area contributed by atoms with Gasteiger partial charge in [-0.1, -0.05) is 85.5 Å². The third-order valence-corrected chi connectivity index (χ3v) is 5.11. The molecule has 28 heavy (non-hydrogen) atoms. The quantitative estimate of drug-likeness (QED) is 0.230. The summed E-state index contributed by atoms with van der Waals surface area (Å²) in [6.45, 7) is 11.6. The molecule has 0 aromatic rings. The number of carbonyl (C=O) groups is 2. The average Bonchev–Trinajstić information content (AvgIpc) is 2.68. The van der Waals surface area contributed by atoms with Gasteiger partial charge in [-0.05, 0) is 32.1 Å². The minimum Gasteiger partial charge on any atom is -0.354 e. The van der Waals surface area contributed by atoms with Crippen molar-refractivity contribution in [1.29, 1.82) is 0 Å². The summed E-state index contributed by atoms with van der Waals surface area (Å²) in [5.41, 5.74) is 0. The van der Waals surface area contributed by atoms with Crippen LogP contribution in [0, 0.1) is 5.92 Å². The van der Waals surface area contributed by atoms with Gasteiger partial charge in [0.15, 0.2) is 0 Å². The van der Waals surface area contributed by atoms with E-state index in [2.05, 4.69) is 33.0 Å². The van der Waals surface area contributed by atoms with Gasteiger partial charge in [0.05, 0.1) is 0 Å². The Kier molecular flexibility index (Phi) is 23.1. The van der Waals surface area contributed by atoms with Crippen LogP contribution in [0.25, 0.3) is 0 Å². The van der Waals surface area contributed by atoms with E-state index in [0.29, 0.717) is 18.4 Å². The Morgan fingerprint density at radius 1 is 0.857 bits per heavy atom. The molecule has 0 fully saturated rings. The zero-order valence-electron chi connectivity index (χ0n) is 19.9. The van der Waals surface area contributed by atoms with E-state index in [0.717, 1.165) is 19.4 Å². The highest BCUT2D eigenvalue weighted by molar-refractivity contribution is 5.75. The normalized spacial score (nSPS) is 12.5. The number of nitrogens with zero attached hydrogens (tertiary/aromatic N) is 1. The Labute approximate surface area is 176 Å². The molecule has 0 saturated heterocycles. The summed E-state index contributed by atoms with van der Waals surface area (Å²) in [7, 11) is 1.87. The fraction of sp³-hybridized carbons (Fsp3) is 0.917. The molecule has 0 aliphatic rings. The molecule has 0 spiro atoms. The van der Waals surface area contributed by atoms with Gasteiger partial charge in [-0.3, -0.25) is 9.59 Å². The summed E-state index contributed by atoms with van der Waals surface area (Å²) < 4.78 is 0. The van der Waals surface area contributed by atoms with Crippen LogP contribution in [0.3, 0.4) is 0 Å². The molecule has 0 aromatic heterocycles. The predicted molar refractivity (Wildman–Crippen MR) is 123 cm³/mol. The maximum absolute atomic E-state index is 11.0. The minimum absolute atomic E-state index is 0.172. The van der Waals surface area contributed by atoms with Crippen molar-refractivity contribution in [2.75, 3.05) is 13.6 Å². The molecule has 0 aliphatic carbocycles. The first-order chi connectivity index (χ1) is 13.4. The van der Waals surface area contributed by atoms with Gasteiger partial charge in [-0.25, -0.2) is 0 Å². The van der Waals surface area contributed by atoms with Crippen molar-refractivity contribution in [3.8, 4) is 0 Å². The predicted octanol–water partition coefficient (Wildman–Crippen LogP) is 6.33. The molecule has 4 heteroatoms. The molecule has 0 aliphatic heterocycles. The lowest BCUT2D eigenvalue weighted by Crippen LogP contribution is -2.31.